The third-order valence-corrected chi connectivity index (χ3v) is 5.57. The van der Waals surface area contributed by atoms with Crippen LogP contribution in [0.2, 0.25) is 0 Å². The van der Waals surface area contributed by atoms with Crippen molar-refractivity contribution in [1.29, 1.82) is 0 Å². The number of hydrogen-bond acceptors (Lipinski definition) is 3. The van der Waals surface area contributed by atoms with Crippen molar-refractivity contribution >= 4 is 27.5 Å². The lowest BCUT2D eigenvalue weighted by Gasteiger charge is -2.26. The minimum atomic E-state index is -3.54. The lowest BCUT2D eigenvalue weighted by atomic mass is 10.0. The van der Waals surface area contributed by atoms with Gasteiger partial charge in [-0.05, 0) is 24.5 Å². The van der Waals surface area contributed by atoms with E-state index in [0.717, 1.165) is 13.0 Å². The summed E-state index contributed by atoms with van der Waals surface area (Å²) in [7, 11) is -3.54. The highest BCUT2D eigenvalue weighted by molar-refractivity contribution is 7.90. The van der Waals surface area contributed by atoms with Crippen molar-refractivity contribution < 1.29 is 8.42 Å². The molecule has 0 spiro atoms. The van der Waals surface area contributed by atoms with E-state index >= 15 is 0 Å². The van der Waals surface area contributed by atoms with Crippen LogP contribution in [0.15, 0.2) is 33.6 Å². The van der Waals surface area contributed by atoms with Gasteiger partial charge in [0.25, 0.3) is 10.0 Å². The summed E-state index contributed by atoms with van der Waals surface area (Å²) in [4.78, 5) is 2.35. The highest BCUT2D eigenvalue weighted by atomic mass is 35.5. The summed E-state index contributed by atoms with van der Waals surface area (Å²) in [5.74, 6) is 1.50. The third kappa shape index (κ3) is 1.96. The first kappa shape index (κ1) is 12.9. The molecule has 0 saturated carbocycles. The van der Waals surface area contributed by atoms with Crippen molar-refractivity contribution in [3.8, 4) is 0 Å². The highest BCUT2D eigenvalue weighted by Gasteiger charge is 2.38. The molecule has 2 aliphatic heterocycles. The molecule has 2 heterocycles. The van der Waals surface area contributed by atoms with Crippen LogP contribution < -0.4 is 0 Å². The van der Waals surface area contributed by atoms with Gasteiger partial charge >= 0.3 is 0 Å². The smallest absolute Gasteiger partial charge is 0.285 e. The fourth-order valence-electron chi connectivity index (χ4n) is 2.80. The van der Waals surface area contributed by atoms with Gasteiger partial charge in [0.05, 0.1) is 0 Å². The Bertz CT molecular complexity index is 642. The summed E-state index contributed by atoms with van der Waals surface area (Å²) in [5, 5.41) is 0. The molecule has 1 aromatic rings. The van der Waals surface area contributed by atoms with E-state index in [0.29, 0.717) is 28.1 Å². The molecule has 1 aromatic carbocycles. The van der Waals surface area contributed by atoms with Crippen LogP contribution in [0.4, 0.5) is 0 Å². The molecule has 1 fully saturated rings. The van der Waals surface area contributed by atoms with E-state index < -0.39 is 10.0 Å². The number of nitrogens with zero attached hydrogens (tertiary/aromatic N) is 2. The summed E-state index contributed by atoms with van der Waals surface area (Å²) in [5.41, 5.74) is 0.701. The third-order valence-electron chi connectivity index (χ3n) is 3.93. The predicted molar refractivity (Wildman–Crippen MR) is 75.2 cm³/mol. The summed E-state index contributed by atoms with van der Waals surface area (Å²) in [6.45, 7) is 2.95. The van der Waals surface area contributed by atoms with Gasteiger partial charge in [-0.3, -0.25) is 0 Å². The molecule has 19 heavy (non-hydrogen) atoms. The Morgan fingerprint density at radius 3 is 2.89 bits per heavy atom. The van der Waals surface area contributed by atoms with Gasteiger partial charge in [-0.25, -0.2) is 0 Å². The predicted octanol–water partition coefficient (Wildman–Crippen LogP) is 2.08. The Morgan fingerprint density at radius 1 is 1.42 bits per heavy atom. The van der Waals surface area contributed by atoms with Crippen molar-refractivity contribution in [2.75, 3.05) is 12.4 Å². The summed E-state index contributed by atoms with van der Waals surface area (Å²) >= 11 is 6.03. The van der Waals surface area contributed by atoms with E-state index in [4.69, 9.17) is 11.6 Å². The Balaban J connectivity index is 2.08. The minimum Gasteiger partial charge on any atom is -0.351 e. The van der Waals surface area contributed by atoms with Gasteiger partial charge in [0.2, 0.25) is 0 Å². The molecule has 0 aliphatic carbocycles. The summed E-state index contributed by atoms with van der Waals surface area (Å²) in [6, 6.07) is 7.13. The van der Waals surface area contributed by atoms with Crippen LogP contribution in [0.3, 0.4) is 0 Å². The number of amidine groups is 1. The zero-order chi connectivity index (χ0) is 13.6. The molecular formula is C13H15ClN2O2S. The van der Waals surface area contributed by atoms with Gasteiger partial charge in [-0.1, -0.05) is 19.1 Å². The highest BCUT2D eigenvalue weighted by Crippen LogP contribution is 2.33. The SMILES string of the molecule is CC1CCN(C2=NS(=O)(=O)c3ccccc32)C1CCl. The van der Waals surface area contributed by atoms with Crippen molar-refractivity contribution in [2.24, 2.45) is 10.3 Å². The first-order valence-corrected chi connectivity index (χ1v) is 8.29. The van der Waals surface area contributed by atoms with Crippen LogP contribution in [0, 0.1) is 5.92 Å². The fourth-order valence-corrected chi connectivity index (χ4v) is 4.49. The van der Waals surface area contributed by atoms with Crippen LogP contribution in [-0.2, 0) is 10.0 Å². The molecule has 1 saturated heterocycles. The average Bonchev–Trinajstić information content (AvgIpc) is 2.88. The lowest BCUT2D eigenvalue weighted by Crippen LogP contribution is -2.38. The molecule has 0 amide bonds. The van der Waals surface area contributed by atoms with Crippen molar-refractivity contribution in [3.63, 3.8) is 0 Å². The standard InChI is InChI=1S/C13H15ClN2O2S/c1-9-6-7-16(11(9)8-14)13-10-4-2-3-5-12(10)19(17,18)15-13/h2-5,9,11H,6-8H2,1H3. The molecule has 0 aromatic heterocycles. The van der Waals surface area contributed by atoms with Crippen molar-refractivity contribution in [1.82, 2.24) is 4.90 Å². The Kier molecular flexibility index (Phi) is 3.06. The van der Waals surface area contributed by atoms with Crippen LogP contribution in [0.25, 0.3) is 0 Å². The van der Waals surface area contributed by atoms with E-state index in [9.17, 15) is 8.42 Å². The van der Waals surface area contributed by atoms with Gasteiger partial charge in [0.15, 0.2) is 5.84 Å². The molecule has 6 heteroatoms. The minimum absolute atomic E-state index is 0.154. The Labute approximate surface area is 118 Å². The molecule has 0 radical (unpaired) electrons. The molecule has 2 aliphatic rings. The number of fused-ring (bicyclic) bond motifs is 1. The summed E-state index contributed by atoms with van der Waals surface area (Å²) in [6.07, 6.45) is 1.01. The zero-order valence-electron chi connectivity index (χ0n) is 10.6. The maximum absolute atomic E-state index is 12.0. The maximum Gasteiger partial charge on any atom is 0.285 e. The van der Waals surface area contributed by atoms with Crippen LogP contribution in [-0.4, -0.2) is 37.6 Å². The fraction of sp³-hybridized carbons (Fsp3) is 0.462. The number of halogens is 1. The van der Waals surface area contributed by atoms with Gasteiger partial charge in [-0.15, -0.1) is 16.0 Å². The average molecular weight is 299 g/mol. The lowest BCUT2D eigenvalue weighted by molar-refractivity contribution is 0.375. The largest absolute Gasteiger partial charge is 0.351 e. The summed E-state index contributed by atoms with van der Waals surface area (Å²) < 4.78 is 28.1. The second-order valence-electron chi connectivity index (χ2n) is 5.07. The number of benzene rings is 1. The van der Waals surface area contributed by atoms with Crippen molar-refractivity contribution in [2.45, 2.75) is 24.3 Å². The van der Waals surface area contributed by atoms with Gasteiger partial charge in [0, 0.05) is 24.0 Å². The molecule has 0 N–H and O–H groups in total. The second-order valence-corrected chi connectivity index (χ2v) is 6.95. The zero-order valence-corrected chi connectivity index (χ0v) is 12.2. The number of sulfonamides is 1. The second kappa shape index (κ2) is 4.49. The first-order chi connectivity index (χ1) is 9.04. The molecule has 102 valence electrons. The monoisotopic (exact) mass is 298 g/mol. The van der Waals surface area contributed by atoms with Crippen molar-refractivity contribution in [3.05, 3.63) is 29.8 Å². The number of rotatable bonds is 1. The molecule has 4 nitrogen and oxygen atoms in total. The Morgan fingerprint density at radius 2 is 2.16 bits per heavy atom. The quantitative estimate of drug-likeness (QED) is 0.746. The topological polar surface area (TPSA) is 49.7 Å². The molecular weight excluding hydrogens is 284 g/mol. The van der Waals surface area contributed by atoms with Crippen LogP contribution in [0.1, 0.15) is 18.9 Å². The molecule has 0 bridgehead atoms. The van der Waals surface area contributed by atoms with E-state index in [1.807, 2.05) is 17.0 Å². The normalized spacial score (nSPS) is 28.3. The number of alkyl halides is 1. The van der Waals surface area contributed by atoms with Gasteiger partial charge < -0.3 is 4.90 Å². The number of likely N-dealkylation sites (tertiary alicyclic amines) is 1. The molecule has 2 unspecified atom stereocenters. The van der Waals surface area contributed by atoms with E-state index in [2.05, 4.69) is 11.3 Å². The Hall–Kier alpha value is -1.07. The van der Waals surface area contributed by atoms with Crippen LogP contribution in [0.5, 0.6) is 0 Å². The first-order valence-electron chi connectivity index (χ1n) is 6.31. The van der Waals surface area contributed by atoms with E-state index in [1.54, 1.807) is 12.1 Å². The molecule has 3 rings (SSSR count). The van der Waals surface area contributed by atoms with E-state index in [-0.39, 0.29) is 6.04 Å². The van der Waals surface area contributed by atoms with Gasteiger partial charge in [-0.2, -0.15) is 8.42 Å². The van der Waals surface area contributed by atoms with E-state index in [1.165, 1.54) is 0 Å². The molecule has 2 atom stereocenters. The number of hydrogen-bond donors (Lipinski definition) is 0. The van der Waals surface area contributed by atoms with Gasteiger partial charge in [0.1, 0.15) is 4.90 Å². The van der Waals surface area contributed by atoms with Crippen LogP contribution >= 0.6 is 11.6 Å². The maximum atomic E-state index is 12.0.